The predicted molar refractivity (Wildman–Crippen MR) is 73.1 cm³/mol. The molecule has 2 N–H and O–H groups in total. The van der Waals surface area contributed by atoms with Crippen molar-refractivity contribution in [1.82, 2.24) is 4.90 Å². The second-order valence-electron chi connectivity index (χ2n) is 5.14. The topological polar surface area (TPSA) is 29.3 Å². The highest BCUT2D eigenvalue weighted by atomic mass is 35.5. The molecule has 0 aromatic heterocycles. The molecule has 2 atom stereocenters. The number of hydrogen-bond acceptors (Lipinski definition) is 2. The summed E-state index contributed by atoms with van der Waals surface area (Å²) >= 11 is 6.06. The largest absolute Gasteiger partial charge is 0.330 e. The summed E-state index contributed by atoms with van der Waals surface area (Å²) in [6.45, 7) is 1.49. The average molecular weight is 271 g/mol. The van der Waals surface area contributed by atoms with Gasteiger partial charge >= 0.3 is 0 Å². The zero-order valence-corrected chi connectivity index (χ0v) is 11.5. The number of nitrogens with zero attached hydrogens (tertiary/aromatic N) is 1. The van der Waals surface area contributed by atoms with E-state index in [2.05, 4.69) is 11.9 Å². The second kappa shape index (κ2) is 6.00. The zero-order valence-electron chi connectivity index (χ0n) is 10.7. The van der Waals surface area contributed by atoms with Gasteiger partial charge in [0, 0.05) is 17.6 Å². The van der Waals surface area contributed by atoms with Gasteiger partial charge in [0.15, 0.2) is 0 Å². The van der Waals surface area contributed by atoms with Gasteiger partial charge in [0.25, 0.3) is 0 Å². The Balaban J connectivity index is 2.04. The van der Waals surface area contributed by atoms with Gasteiger partial charge in [-0.05, 0) is 50.0 Å². The number of halogens is 2. The fourth-order valence-electron chi connectivity index (χ4n) is 2.91. The van der Waals surface area contributed by atoms with Crippen LogP contribution in [0.1, 0.15) is 24.8 Å². The van der Waals surface area contributed by atoms with Crippen molar-refractivity contribution in [1.29, 1.82) is 0 Å². The van der Waals surface area contributed by atoms with Gasteiger partial charge in [-0.25, -0.2) is 4.39 Å². The number of benzene rings is 1. The van der Waals surface area contributed by atoms with Gasteiger partial charge in [0.05, 0.1) is 0 Å². The fourth-order valence-corrected chi connectivity index (χ4v) is 3.14. The van der Waals surface area contributed by atoms with Crippen molar-refractivity contribution in [3.05, 3.63) is 34.6 Å². The quantitative estimate of drug-likeness (QED) is 0.911. The standard InChI is InChI=1S/C14H20ClFN2/c1-18(14-4-2-3-10(14)8-17)9-11-5-6-12(16)7-13(11)15/h5-7,10,14H,2-4,8-9,17H2,1H3. The van der Waals surface area contributed by atoms with E-state index in [4.69, 9.17) is 17.3 Å². The molecule has 0 amide bonds. The predicted octanol–water partition coefficient (Wildman–Crippen LogP) is 3.04. The summed E-state index contributed by atoms with van der Waals surface area (Å²) in [7, 11) is 2.10. The van der Waals surface area contributed by atoms with E-state index >= 15 is 0 Å². The second-order valence-corrected chi connectivity index (χ2v) is 5.55. The summed E-state index contributed by atoms with van der Waals surface area (Å²) in [5, 5.41) is 0.504. The van der Waals surface area contributed by atoms with Crippen LogP contribution >= 0.6 is 11.6 Å². The van der Waals surface area contributed by atoms with E-state index in [1.807, 2.05) is 0 Å². The van der Waals surface area contributed by atoms with Gasteiger partial charge in [-0.15, -0.1) is 0 Å². The van der Waals surface area contributed by atoms with Crippen LogP contribution in [-0.4, -0.2) is 24.5 Å². The summed E-state index contributed by atoms with van der Waals surface area (Å²) in [5.41, 5.74) is 6.78. The Labute approximate surface area is 113 Å². The molecule has 0 heterocycles. The van der Waals surface area contributed by atoms with E-state index < -0.39 is 0 Å². The third-order valence-corrected chi connectivity index (χ3v) is 4.27. The molecule has 0 saturated heterocycles. The first-order chi connectivity index (χ1) is 8.61. The van der Waals surface area contributed by atoms with Crippen LogP contribution in [-0.2, 0) is 6.54 Å². The highest BCUT2D eigenvalue weighted by Crippen LogP contribution is 2.30. The normalized spacial score (nSPS) is 23.8. The smallest absolute Gasteiger partial charge is 0.124 e. The van der Waals surface area contributed by atoms with Crippen LogP contribution in [0, 0.1) is 11.7 Å². The molecule has 4 heteroatoms. The molecular weight excluding hydrogens is 251 g/mol. The Morgan fingerprint density at radius 3 is 2.89 bits per heavy atom. The molecule has 0 bridgehead atoms. The van der Waals surface area contributed by atoms with Gasteiger partial charge in [0.1, 0.15) is 5.82 Å². The fraction of sp³-hybridized carbons (Fsp3) is 0.571. The average Bonchev–Trinajstić information content (AvgIpc) is 2.81. The maximum Gasteiger partial charge on any atom is 0.124 e. The highest BCUT2D eigenvalue weighted by Gasteiger charge is 2.29. The number of rotatable bonds is 4. The molecule has 2 unspecified atom stereocenters. The molecule has 1 aliphatic rings. The summed E-state index contributed by atoms with van der Waals surface area (Å²) in [6, 6.07) is 5.13. The molecule has 0 aliphatic heterocycles. The van der Waals surface area contributed by atoms with Crippen molar-refractivity contribution in [2.45, 2.75) is 31.8 Å². The third-order valence-electron chi connectivity index (χ3n) is 3.92. The molecule has 0 radical (unpaired) electrons. The van der Waals surface area contributed by atoms with Crippen LogP contribution in [0.5, 0.6) is 0 Å². The first kappa shape index (κ1) is 13.8. The van der Waals surface area contributed by atoms with Gasteiger partial charge in [-0.2, -0.15) is 0 Å². The molecule has 1 aromatic carbocycles. The van der Waals surface area contributed by atoms with Crippen molar-refractivity contribution >= 4 is 11.6 Å². The van der Waals surface area contributed by atoms with Crippen LogP contribution in [0.25, 0.3) is 0 Å². The Bertz CT molecular complexity index is 411. The molecule has 1 aromatic rings. The summed E-state index contributed by atoms with van der Waals surface area (Å²) in [4.78, 5) is 2.30. The van der Waals surface area contributed by atoms with Gasteiger partial charge in [-0.1, -0.05) is 24.1 Å². The zero-order chi connectivity index (χ0) is 13.1. The maximum absolute atomic E-state index is 13.0. The maximum atomic E-state index is 13.0. The first-order valence-corrected chi connectivity index (χ1v) is 6.84. The lowest BCUT2D eigenvalue weighted by atomic mass is 10.0. The minimum Gasteiger partial charge on any atom is -0.330 e. The van der Waals surface area contributed by atoms with Crippen LogP contribution in [0.15, 0.2) is 18.2 Å². The Morgan fingerprint density at radius 1 is 1.44 bits per heavy atom. The van der Waals surface area contributed by atoms with Crippen LogP contribution < -0.4 is 5.73 Å². The van der Waals surface area contributed by atoms with Crippen molar-refractivity contribution in [3.63, 3.8) is 0 Å². The molecule has 18 heavy (non-hydrogen) atoms. The lowest BCUT2D eigenvalue weighted by Crippen LogP contribution is -2.37. The minimum absolute atomic E-state index is 0.285. The molecule has 1 fully saturated rings. The summed E-state index contributed by atoms with van der Waals surface area (Å²) < 4.78 is 13.0. The molecule has 100 valence electrons. The number of nitrogens with two attached hydrogens (primary N) is 1. The highest BCUT2D eigenvalue weighted by molar-refractivity contribution is 6.31. The first-order valence-electron chi connectivity index (χ1n) is 6.46. The van der Waals surface area contributed by atoms with Crippen molar-refractivity contribution in [2.75, 3.05) is 13.6 Å². The van der Waals surface area contributed by atoms with E-state index in [1.165, 1.54) is 31.4 Å². The van der Waals surface area contributed by atoms with Gasteiger partial charge in [-0.3, -0.25) is 4.90 Å². The van der Waals surface area contributed by atoms with E-state index in [0.29, 0.717) is 17.0 Å². The van der Waals surface area contributed by atoms with Crippen LogP contribution in [0.2, 0.25) is 5.02 Å². The van der Waals surface area contributed by atoms with Crippen molar-refractivity contribution in [2.24, 2.45) is 11.7 Å². The molecule has 1 aliphatic carbocycles. The molecule has 1 saturated carbocycles. The Kier molecular flexibility index (Phi) is 4.60. The number of hydrogen-bond donors (Lipinski definition) is 1. The van der Waals surface area contributed by atoms with Crippen molar-refractivity contribution < 1.29 is 4.39 Å². The van der Waals surface area contributed by atoms with E-state index in [9.17, 15) is 4.39 Å². The van der Waals surface area contributed by atoms with Crippen LogP contribution in [0.3, 0.4) is 0 Å². The van der Waals surface area contributed by atoms with Crippen LogP contribution in [0.4, 0.5) is 4.39 Å². The molecule has 2 nitrogen and oxygen atoms in total. The summed E-state index contributed by atoms with van der Waals surface area (Å²) in [6.07, 6.45) is 3.65. The molecule has 0 spiro atoms. The lowest BCUT2D eigenvalue weighted by molar-refractivity contribution is 0.193. The lowest BCUT2D eigenvalue weighted by Gasteiger charge is -2.29. The summed E-state index contributed by atoms with van der Waals surface area (Å²) in [5.74, 6) is 0.293. The Hall–Kier alpha value is -0.640. The SMILES string of the molecule is CN(Cc1ccc(F)cc1Cl)C1CCCC1CN. The Morgan fingerprint density at radius 2 is 2.22 bits per heavy atom. The van der Waals surface area contributed by atoms with E-state index in [0.717, 1.165) is 18.7 Å². The van der Waals surface area contributed by atoms with E-state index in [-0.39, 0.29) is 5.82 Å². The molecular formula is C14H20ClFN2. The van der Waals surface area contributed by atoms with Gasteiger partial charge in [0.2, 0.25) is 0 Å². The third kappa shape index (κ3) is 3.02. The monoisotopic (exact) mass is 270 g/mol. The van der Waals surface area contributed by atoms with Crippen molar-refractivity contribution in [3.8, 4) is 0 Å². The van der Waals surface area contributed by atoms with Gasteiger partial charge < -0.3 is 5.73 Å². The van der Waals surface area contributed by atoms with E-state index in [1.54, 1.807) is 6.07 Å². The minimum atomic E-state index is -0.285. The molecule has 2 rings (SSSR count).